The summed E-state index contributed by atoms with van der Waals surface area (Å²) < 4.78 is 44.0. The SMILES string of the molecule is O=S1(=O)CCCN1c1ccc(Nc2nccc(Oc3ccc(F)cc3)n2)cc1. The summed E-state index contributed by atoms with van der Waals surface area (Å²) in [6.07, 6.45) is 2.18. The largest absolute Gasteiger partial charge is 0.439 e. The summed E-state index contributed by atoms with van der Waals surface area (Å²) in [5.74, 6) is 0.927. The molecule has 0 aliphatic carbocycles. The molecule has 0 amide bonds. The molecular formula is C19H17FN4O3S. The first-order valence-electron chi connectivity index (χ1n) is 8.64. The number of nitrogens with zero attached hydrogens (tertiary/aromatic N) is 3. The Hall–Kier alpha value is -3.20. The highest BCUT2D eigenvalue weighted by atomic mass is 32.2. The van der Waals surface area contributed by atoms with Crippen molar-refractivity contribution in [1.82, 2.24) is 9.97 Å². The Kier molecular flexibility index (Phi) is 4.82. The number of rotatable bonds is 5. The van der Waals surface area contributed by atoms with Crippen molar-refractivity contribution in [3.63, 3.8) is 0 Å². The lowest BCUT2D eigenvalue weighted by atomic mass is 10.2. The van der Waals surface area contributed by atoms with Crippen LogP contribution in [0.1, 0.15) is 6.42 Å². The molecule has 0 bridgehead atoms. The second-order valence-electron chi connectivity index (χ2n) is 6.19. The van der Waals surface area contributed by atoms with Crippen LogP contribution in [0.5, 0.6) is 11.6 Å². The van der Waals surface area contributed by atoms with Crippen molar-refractivity contribution in [2.45, 2.75) is 6.42 Å². The minimum Gasteiger partial charge on any atom is -0.439 e. The van der Waals surface area contributed by atoms with Gasteiger partial charge in [0.2, 0.25) is 21.9 Å². The number of aromatic nitrogens is 2. The van der Waals surface area contributed by atoms with Crippen LogP contribution in [0.3, 0.4) is 0 Å². The summed E-state index contributed by atoms with van der Waals surface area (Å²) in [5.41, 5.74) is 1.34. The van der Waals surface area contributed by atoms with Crippen LogP contribution in [0.4, 0.5) is 21.7 Å². The minimum absolute atomic E-state index is 0.182. The van der Waals surface area contributed by atoms with Gasteiger partial charge in [0.05, 0.1) is 11.4 Å². The van der Waals surface area contributed by atoms with Crippen molar-refractivity contribution in [1.29, 1.82) is 0 Å². The third-order valence-corrected chi connectivity index (χ3v) is 6.05. The van der Waals surface area contributed by atoms with Crippen molar-refractivity contribution >= 4 is 27.3 Å². The molecule has 4 rings (SSSR count). The molecule has 9 heteroatoms. The summed E-state index contributed by atoms with van der Waals surface area (Å²) in [6, 6.07) is 14.2. The van der Waals surface area contributed by atoms with Gasteiger partial charge in [-0.15, -0.1) is 0 Å². The van der Waals surface area contributed by atoms with Gasteiger partial charge in [0.1, 0.15) is 11.6 Å². The molecule has 0 unspecified atom stereocenters. The molecule has 0 atom stereocenters. The summed E-state index contributed by atoms with van der Waals surface area (Å²) in [6.45, 7) is 0.501. The van der Waals surface area contributed by atoms with Crippen LogP contribution in [0, 0.1) is 5.82 Å². The van der Waals surface area contributed by atoms with E-state index in [0.717, 1.165) is 0 Å². The van der Waals surface area contributed by atoms with Crippen LogP contribution in [-0.2, 0) is 10.0 Å². The van der Waals surface area contributed by atoms with Gasteiger partial charge in [-0.3, -0.25) is 4.31 Å². The minimum atomic E-state index is -3.20. The molecule has 1 aliphatic heterocycles. The summed E-state index contributed by atoms with van der Waals surface area (Å²) >= 11 is 0. The lowest BCUT2D eigenvalue weighted by molar-refractivity contribution is 0.461. The van der Waals surface area contributed by atoms with Crippen LogP contribution in [0.25, 0.3) is 0 Å². The lowest BCUT2D eigenvalue weighted by Crippen LogP contribution is -2.24. The first kappa shape index (κ1) is 18.2. The predicted octanol–water partition coefficient (Wildman–Crippen LogP) is 3.69. The van der Waals surface area contributed by atoms with Gasteiger partial charge in [-0.2, -0.15) is 4.98 Å². The maximum atomic E-state index is 13.0. The Balaban J connectivity index is 1.46. The van der Waals surface area contributed by atoms with Gasteiger partial charge < -0.3 is 10.1 Å². The standard InChI is InChI=1S/C19H17FN4O3S/c20-14-2-8-17(9-3-14)27-18-10-11-21-19(23-18)22-15-4-6-16(7-5-15)24-12-1-13-28(24,25)26/h2-11H,1,12-13H2,(H,21,22,23). The fourth-order valence-electron chi connectivity index (χ4n) is 2.85. The van der Waals surface area contributed by atoms with Crippen LogP contribution < -0.4 is 14.4 Å². The third-order valence-electron chi connectivity index (χ3n) is 4.18. The van der Waals surface area contributed by atoms with E-state index < -0.39 is 10.0 Å². The fourth-order valence-corrected chi connectivity index (χ4v) is 4.42. The Morgan fingerprint density at radius 3 is 2.46 bits per heavy atom. The Labute approximate surface area is 161 Å². The van der Waals surface area contributed by atoms with Crippen LogP contribution in [0.2, 0.25) is 0 Å². The lowest BCUT2D eigenvalue weighted by Gasteiger charge is -2.17. The number of ether oxygens (including phenoxy) is 1. The van der Waals surface area contributed by atoms with Gasteiger partial charge in [-0.1, -0.05) is 0 Å². The molecule has 1 N–H and O–H groups in total. The second kappa shape index (κ2) is 7.43. The zero-order valence-corrected chi connectivity index (χ0v) is 15.6. The van der Waals surface area contributed by atoms with Gasteiger partial charge >= 0.3 is 0 Å². The summed E-state index contributed by atoms with van der Waals surface area (Å²) in [7, 11) is -3.20. The van der Waals surface area contributed by atoms with E-state index in [-0.39, 0.29) is 11.6 Å². The van der Waals surface area contributed by atoms with Crippen LogP contribution in [-0.4, -0.2) is 30.7 Å². The quantitative estimate of drug-likeness (QED) is 0.703. The molecule has 0 radical (unpaired) electrons. The van der Waals surface area contributed by atoms with E-state index in [1.165, 1.54) is 28.6 Å². The smallest absolute Gasteiger partial charge is 0.235 e. The van der Waals surface area contributed by atoms with Crippen LogP contribution >= 0.6 is 0 Å². The molecular weight excluding hydrogens is 383 g/mol. The molecule has 2 aromatic carbocycles. The van der Waals surface area contributed by atoms with Crippen molar-refractivity contribution in [3.8, 4) is 11.6 Å². The fraction of sp³-hybridized carbons (Fsp3) is 0.158. The summed E-state index contributed by atoms with van der Waals surface area (Å²) in [4.78, 5) is 8.41. The predicted molar refractivity (Wildman–Crippen MR) is 104 cm³/mol. The van der Waals surface area contributed by atoms with E-state index >= 15 is 0 Å². The molecule has 2 heterocycles. The molecule has 7 nitrogen and oxygen atoms in total. The monoisotopic (exact) mass is 400 g/mol. The van der Waals surface area contributed by atoms with Gasteiger partial charge in [0.15, 0.2) is 0 Å². The first-order valence-corrected chi connectivity index (χ1v) is 10.2. The normalized spacial score (nSPS) is 15.4. The third kappa shape index (κ3) is 4.04. The molecule has 0 saturated carbocycles. The summed E-state index contributed by atoms with van der Waals surface area (Å²) in [5, 5.41) is 3.05. The van der Waals surface area contributed by atoms with Gasteiger partial charge in [-0.05, 0) is 55.0 Å². The number of benzene rings is 2. The number of nitrogens with one attached hydrogen (secondary N) is 1. The average Bonchev–Trinajstić information content (AvgIpc) is 3.04. The van der Waals surface area contributed by atoms with E-state index in [1.807, 2.05) is 0 Å². The number of hydrogen-bond donors (Lipinski definition) is 1. The maximum Gasteiger partial charge on any atom is 0.235 e. The van der Waals surface area contributed by atoms with Crippen molar-refractivity contribution in [2.24, 2.45) is 0 Å². The first-order chi connectivity index (χ1) is 13.5. The molecule has 28 heavy (non-hydrogen) atoms. The van der Waals surface area contributed by atoms with Gasteiger partial charge in [0.25, 0.3) is 0 Å². The highest BCUT2D eigenvalue weighted by Gasteiger charge is 2.28. The molecule has 3 aromatic rings. The number of anilines is 3. The Morgan fingerprint density at radius 2 is 1.79 bits per heavy atom. The Morgan fingerprint density at radius 1 is 1.04 bits per heavy atom. The van der Waals surface area contributed by atoms with Crippen molar-refractivity contribution in [2.75, 3.05) is 21.9 Å². The van der Waals surface area contributed by atoms with E-state index in [2.05, 4.69) is 15.3 Å². The molecule has 1 saturated heterocycles. The molecule has 1 aliphatic rings. The van der Waals surface area contributed by atoms with E-state index in [4.69, 9.17) is 4.74 Å². The highest BCUT2D eigenvalue weighted by Crippen LogP contribution is 2.26. The molecule has 0 spiro atoms. The van der Waals surface area contributed by atoms with Gasteiger partial charge in [-0.25, -0.2) is 17.8 Å². The van der Waals surface area contributed by atoms with Crippen molar-refractivity contribution in [3.05, 3.63) is 66.6 Å². The average molecular weight is 400 g/mol. The Bertz CT molecular complexity index is 1070. The van der Waals surface area contributed by atoms with E-state index in [1.54, 1.807) is 36.5 Å². The van der Waals surface area contributed by atoms with E-state index in [0.29, 0.717) is 41.9 Å². The maximum absolute atomic E-state index is 13.0. The van der Waals surface area contributed by atoms with Crippen LogP contribution in [0.15, 0.2) is 60.8 Å². The highest BCUT2D eigenvalue weighted by molar-refractivity contribution is 7.93. The van der Waals surface area contributed by atoms with Crippen molar-refractivity contribution < 1.29 is 17.5 Å². The van der Waals surface area contributed by atoms with E-state index in [9.17, 15) is 12.8 Å². The number of hydrogen-bond acceptors (Lipinski definition) is 6. The van der Waals surface area contributed by atoms with Gasteiger partial charge in [0, 0.05) is 24.5 Å². The molecule has 1 fully saturated rings. The number of halogens is 1. The molecule has 1 aromatic heterocycles. The zero-order chi connectivity index (χ0) is 19.6. The zero-order valence-electron chi connectivity index (χ0n) is 14.7. The topological polar surface area (TPSA) is 84.4 Å². The molecule has 144 valence electrons. The number of sulfonamides is 1. The second-order valence-corrected chi connectivity index (χ2v) is 8.20.